The standard InChI is InChI=1S/C12H18N4O/c1-12(2,13)8-16-7-10(15-11(16)17)9-3-5-14-6-4-9/h3-6,10H,7-8,13H2,1-2H3,(H,15,17). The van der Waals surface area contributed by atoms with Gasteiger partial charge in [-0.3, -0.25) is 4.98 Å². The maximum atomic E-state index is 11.8. The Bertz CT molecular complexity index is 399. The number of amides is 2. The minimum absolute atomic E-state index is 0.0350. The van der Waals surface area contributed by atoms with E-state index in [1.807, 2.05) is 26.0 Å². The van der Waals surface area contributed by atoms with E-state index in [1.54, 1.807) is 17.3 Å². The summed E-state index contributed by atoms with van der Waals surface area (Å²) < 4.78 is 0. The van der Waals surface area contributed by atoms with Crippen LogP contribution in [0.1, 0.15) is 25.5 Å². The van der Waals surface area contributed by atoms with Crippen LogP contribution in [0.15, 0.2) is 24.5 Å². The van der Waals surface area contributed by atoms with E-state index >= 15 is 0 Å². The zero-order valence-electron chi connectivity index (χ0n) is 10.2. The molecule has 92 valence electrons. The fraction of sp³-hybridized carbons (Fsp3) is 0.500. The Balaban J connectivity index is 2.05. The van der Waals surface area contributed by atoms with Crippen LogP contribution in [0.25, 0.3) is 0 Å². The number of hydrogen-bond donors (Lipinski definition) is 2. The first-order valence-corrected chi connectivity index (χ1v) is 5.70. The molecule has 0 bridgehead atoms. The molecule has 0 spiro atoms. The Labute approximate surface area is 101 Å². The Kier molecular flexibility index (Phi) is 3.02. The summed E-state index contributed by atoms with van der Waals surface area (Å²) in [7, 11) is 0. The third kappa shape index (κ3) is 2.94. The van der Waals surface area contributed by atoms with Gasteiger partial charge in [-0.2, -0.15) is 0 Å². The molecule has 1 saturated heterocycles. The van der Waals surface area contributed by atoms with Crippen molar-refractivity contribution >= 4 is 6.03 Å². The van der Waals surface area contributed by atoms with Gasteiger partial charge in [-0.05, 0) is 31.5 Å². The highest BCUT2D eigenvalue weighted by molar-refractivity contribution is 5.77. The van der Waals surface area contributed by atoms with E-state index in [0.29, 0.717) is 13.1 Å². The lowest BCUT2D eigenvalue weighted by Gasteiger charge is -2.25. The predicted octanol–water partition coefficient (Wildman–Crippen LogP) is 0.885. The molecule has 2 heterocycles. The van der Waals surface area contributed by atoms with Crippen LogP contribution in [0.4, 0.5) is 4.79 Å². The van der Waals surface area contributed by atoms with Crippen molar-refractivity contribution in [2.45, 2.75) is 25.4 Å². The summed E-state index contributed by atoms with van der Waals surface area (Å²) in [6.45, 7) is 5.05. The van der Waals surface area contributed by atoms with Gasteiger partial charge in [-0.15, -0.1) is 0 Å². The number of nitrogens with two attached hydrogens (primary N) is 1. The van der Waals surface area contributed by atoms with Gasteiger partial charge >= 0.3 is 6.03 Å². The molecule has 5 heteroatoms. The number of hydrogen-bond acceptors (Lipinski definition) is 3. The summed E-state index contributed by atoms with van der Waals surface area (Å²) in [6, 6.07) is 3.82. The molecule has 1 aromatic heterocycles. The number of pyridine rings is 1. The second-order valence-corrected chi connectivity index (χ2v) is 5.15. The first-order chi connectivity index (χ1) is 7.96. The van der Waals surface area contributed by atoms with Gasteiger partial charge in [0.05, 0.1) is 6.04 Å². The van der Waals surface area contributed by atoms with Crippen LogP contribution >= 0.6 is 0 Å². The molecule has 1 aromatic rings. The maximum Gasteiger partial charge on any atom is 0.318 e. The molecule has 1 aliphatic heterocycles. The van der Waals surface area contributed by atoms with Gasteiger partial charge in [0.1, 0.15) is 0 Å². The second kappa shape index (κ2) is 4.33. The molecule has 0 saturated carbocycles. The number of carbonyl (C=O) groups excluding carboxylic acids is 1. The molecular weight excluding hydrogens is 216 g/mol. The smallest absolute Gasteiger partial charge is 0.318 e. The van der Waals surface area contributed by atoms with Crippen LogP contribution in [0, 0.1) is 0 Å². The quantitative estimate of drug-likeness (QED) is 0.815. The molecule has 3 N–H and O–H groups in total. The van der Waals surface area contributed by atoms with Gasteiger partial charge in [0, 0.05) is 31.0 Å². The van der Waals surface area contributed by atoms with Gasteiger partial charge in [0.25, 0.3) is 0 Å². The van der Waals surface area contributed by atoms with Crippen LogP contribution in [0.2, 0.25) is 0 Å². The van der Waals surface area contributed by atoms with Crippen LogP contribution in [-0.2, 0) is 0 Å². The highest BCUT2D eigenvalue weighted by Gasteiger charge is 2.32. The predicted molar refractivity (Wildman–Crippen MR) is 65.3 cm³/mol. The molecule has 5 nitrogen and oxygen atoms in total. The average Bonchev–Trinajstić information content (AvgIpc) is 2.59. The zero-order chi connectivity index (χ0) is 12.5. The summed E-state index contributed by atoms with van der Waals surface area (Å²) in [5.41, 5.74) is 6.63. The van der Waals surface area contributed by atoms with Crippen molar-refractivity contribution in [3.63, 3.8) is 0 Å². The van der Waals surface area contributed by atoms with Gasteiger partial charge in [0.15, 0.2) is 0 Å². The number of nitrogens with zero attached hydrogens (tertiary/aromatic N) is 2. The first-order valence-electron chi connectivity index (χ1n) is 5.70. The van der Waals surface area contributed by atoms with Crippen LogP contribution in [0.3, 0.4) is 0 Å². The lowest BCUT2D eigenvalue weighted by Crippen LogP contribution is -2.46. The summed E-state index contributed by atoms with van der Waals surface area (Å²) in [4.78, 5) is 17.5. The van der Waals surface area contributed by atoms with Crippen molar-refractivity contribution in [1.29, 1.82) is 0 Å². The molecule has 1 aliphatic rings. The molecule has 2 rings (SSSR count). The van der Waals surface area contributed by atoms with Gasteiger partial charge in [-0.25, -0.2) is 4.79 Å². The Morgan fingerprint density at radius 3 is 2.76 bits per heavy atom. The van der Waals surface area contributed by atoms with E-state index in [0.717, 1.165) is 5.56 Å². The average molecular weight is 234 g/mol. The fourth-order valence-electron chi connectivity index (χ4n) is 2.00. The first kappa shape index (κ1) is 11.9. The van der Waals surface area contributed by atoms with Gasteiger partial charge in [-0.1, -0.05) is 0 Å². The number of rotatable bonds is 3. The molecule has 17 heavy (non-hydrogen) atoms. The molecule has 1 atom stereocenters. The number of aromatic nitrogens is 1. The van der Waals surface area contributed by atoms with Crippen molar-refractivity contribution in [2.75, 3.05) is 13.1 Å². The van der Waals surface area contributed by atoms with E-state index in [-0.39, 0.29) is 17.6 Å². The fourth-order valence-corrected chi connectivity index (χ4v) is 2.00. The molecule has 0 aliphatic carbocycles. The molecule has 0 aromatic carbocycles. The van der Waals surface area contributed by atoms with Crippen molar-refractivity contribution in [2.24, 2.45) is 5.73 Å². The summed E-state index contributed by atoms with van der Waals surface area (Å²) >= 11 is 0. The van der Waals surface area contributed by atoms with Crippen molar-refractivity contribution in [3.05, 3.63) is 30.1 Å². The number of urea groups is 1. The largest absolute Gasteiger partial charge is 0.329 e. The maximum absolute atomic E-state index is 11.8. The monoisotopic (exact) mass is 234 g/mol. The van der Waals surface area contributed by atoms with Gasteiger partial charge < -0.3 is 16.0 Å². The topological polar surface area (TPSA) is 71.2 Å². The van der Waals surface area contributed by atoms with Crippen molar-refractivity contribution in [1.82, 2.24) is 15.2 Å². The SMILES string of the molecule is CC(C)(N)CN1CC(c2ccncc2)NC1=O. The van der Waals surface area contributed by atoms with Crippen LogP contribution in [0.5, 0.6) is 0 Å². The molecule has 0 radical (unpaired) electrons. The molecule has 2 amide bonds. The van der Waals surface area contributed by atoms with Crippen LogP contribution < -0.4 is 11.1 Å². The highest BCUT2D eigenvalue weighted by Crippen LogP contribution is 2.20. The summed E-state index contributed by atoms with van der Waals surface area (Å²) in [5.74, 6) is 0. The Morgan fingerprint density at radius 2 is 2.18 bits per heavy atom. The summed E-state index contributed by atoms with van der Waals surface area (Å²) in [5, 5.41) is 2.95. The van der Waals surface area contributed by atoms with E-state index in [9.17, 15) is 4.79 Å². The Morgan fingerprint density at radius 1 is 1.53 bits per heavy atom. The normalized spacial score (nSPS) is 20.5. The lowest BCUT2D eigenvalue weighted by atomic mass is 10.1. The minimum atomic E-state index is -0.371. The van der Waals surface area contributed by atoms with E-state index < -0.39 is 0 Å². The lowest BCUT2D eigenvalue weighted by molar-refractivity contribution is 0.207. The number of nitrogens with one attached hydrogen (secondary N) is 1. The van der Waals surface area contributed by atoms with Crippen molar-refractivity contribution < 1.29 is 4.79 Å². The minimum Gasteiger partial charge on any atom is -0.329 e. The van der Waals surface area contributed by atoms with Crippen LogP contribution in [-0.4, -0.2) is 34.5 Å². The second-order valence-electron chi connectivity index (χ2n) is 5.15. The molecule has 1 fully saturated rings. The Hall–Kier alpha value is -1.62. The zero-order valence-corrected chi connectivity index (χ0v) is 10.2. The van der Waals surface area contributed by atoms with E-state index in [2.05, 4.69) is 10.3 Å². The van der Waals surface area contributed by atoms with E-state index in [4.69, 9.17) is 5.73 Å². The third-order valence-corrected chi connectivity index (χ3v) is 2.69. The van der Waals surface area contributed by atoms with Crippen molar-refractivity contribution in [3.8, 4) is 0 Å². The number of carbonyl (C=O) groups is 1. The van der Waals surface area contributed by atoms with E-state index in [1.165, 1.54) is 0 Å². The molecule has 1 unspecified atom stereocenters. The van der Waals surface area contributed by atoms with Gasteiger partial charge in [0.2, 0.25) is 0 Å². The highest BCUT2D eigenvalue weighted by atomic mass is 16.2. The third-order valence-electron chi connectivity index (χ3n) is 2.69. The molecular formula is C12H18N4O. The summed E-state index contributed by atoms with van der Waals surface area (Å²) in [6.07, 6.45) is 3.47.